The summed E-state index contributed by atoms with van der Waals surface area (Å²) in [7, 11) is 0. The molecule has 33 heavy (non-hydrogen) atoms. The molecule has 14 heteroatoms. The van der Waals surface area contributed by atoms with Gasteiger partial charge in [0.15, 0.2) is 5.96 Å². The lowest BCUT2D eigenvalue weighted by molar-refractivity contribution is -0.143. The molecule has 0 saturated carbocycles. The summed E-state index contributed by atoms with van der Waals surface area (Å²) in [5, 5.41) is 16.3. The number of nitrogens with one attached hydrogen (secondary N) is 3. The molecule has 14 nitrogen and oxygen atoms in total. The number of nitrogens with zero attached hydrogens (tertiary/aromatic N) is 1. The number of hydrogen-bond donors (Lipinski definition) is 8. The summed E-state index contributed by atoms with van der Waals surface area (Å²) in [6.45, 7) is 5.37. The Bertz CT molecular complexity index is 738. The molecule has 0 heterocycles. The van der Waals surface area contributed by atoms with Crippen LogP contribution >= 0.6 is 0 Å². The fourth-order valence-corrected chi connectivity index (χ4v) is 2.74. The number of carboxylic acid groups (broad SMARTS) is 1. The minimum atomic E-state index is -1.57. The predicted octanol–water partition coefficient (Wildman–Crippen LogP) is -3.15. The van der Waals surface area contributed by atoms with E-state index >= 15 is 0 Å². The average Bonchev–Trinajstić information content (AvgIpc) is 2.68. The lowest BCUT2D eigenvalue weighted by Gasteiger charge is -2.23. The predicted molar refractivity (Wildman–Crippen MR) is 120 cm³/mol. The number of guanidine groups is 1. The van der Waals surface area contributed by atoms with Crippen LogP contribution in [0.3, 0.4) is 0 Å². The monoisotopic (exact) mass is 472 g/mol. The van der Waals surface area contributed by atoms with Crippen LogP contribution in [0.4, 0.5) is 0 Å². The van der Waals surface area contributed by atoms with Crippen LogP contribution in [0.2, 0.25) is 0 Å². The lowest BCUT2D eigenvalue weighted by atomic mass is 10.0. The average molecular weight is 473 g/mol. The van der Waals surface area contributed by atoms with E-state index in [1.54, 1.807) is 0 Å². The van der Waals surface area contributed by atoms with Gasteiger partial charge in [-0.3, -0.25) is 24.2 Å². The summed E-state index contributed by atoms with van der Waals surface area (Å²) in [5.41, 5.74) is 21.3. The number of carbonyl (C=O) groups is 5. The highest BCUT2D eigenvalue weighted by molar-refractivity contribution is 5.94. The van der Waals surface area contributed by atoms with Gasteiger partial charge < -0.3 is 44.0 Å². The Morgan fingerprint density at radius 3 is 1.94 bits per heavy atom. The molecule has 0 radical (unpaired) electrons. The maximum Gasteiger partial charge on any atom is 0.326 e. The Labute approximate surface area is 192 Å². The Morgan fingerprint density at radius 1 is 0.879 bits per heavy atom. The van der Waals surface area contributed by atoms with E-state index < -0.39 is 60.2 Å². The van der Waals surface area contributed by atoms with Crippen molar-refractivity contribution in [2.45, 2.75) is 70.6 Å². The molecule has 0 bridgehead atoms. The largest absolute Gasteiger partial charge is 0.480 e. The van der Waals surface area contributed by atoms with Gasteiger partial charge in [0.05, 0.1) is 12.5 Å². The Balaban J connectivity index is 5.26. The molecule has 0 spiro atoms. The maximum atomic E-state index is 12.6. The molecular formula is C19H36N8O6. The molecule has 188 valence electrons. The van der Waals surface area contributed by atoms with Crippen molar-refractivity contribution >= 4 is 35.6 Å². The first-order valence-corrected chi connectivity index (χ1v) is 10.5. The number of aliphatic carboxylic acids is 1. The number of nitrogens with two attached hydrogens (primary N) is 4. The van der Waals surface area contributed by atoms with Crippen LogP contribution in [0, 0.1) is 5.92 Å². The second-order valence-corrected chi connectivity index (χ2v) is 8.05. The van der Waals surface area contributed by atoms with E-state index in [4.69, 9.17) is 22.9 Å². The van der Waals surface area contributed by atoms with Gasteiger partial charge in [0.25, 0.3) is 0 Å². The van der Waals surface area contributed by atoms with Gasteiger partial charge in [0.1, 0.15) is 18.1 Å². The van der Waals surface area contributed by atoms with E-state index in [0.717, 1.165) is 0 Å². The van der Waals surface area contributed by atoms with Crippen molar-refractivity contribution in [3.05, 3.63) is 0 Å². The van der Waals surface area contributed by atoms with Gasteiger partial charge >= 0.3 is 5.97 Å². The fourth-order valence-electron chi connectivity index (χ4n) is 2.74. The summed E-state index contributed by atoms with van der Waals surface area (Å²) in [6.07, 6.45) is 0.108. The minimum Gasteiger partial charge on any atom is -0.480 e. The minimum absolute atomic E-state index is 0.0464. The molecule has 0 fully saturated rings. The Kier molecular flexibility index (Phi) is 13.1. The second-order valence-electron chi connectivity index (χ2n) is 8.05. The highest BCUT2D eigenvalue weighted by Crippen LogP contribution is 2.04. The first-order chi connectivity index (χ1) is 15.2. The van der Waals surface area contributed by atoms with Crippen LogP contribution in [-0.4, -0.2) is 71.4 Å². The number of aliphatic imine (C=N–C) groups is 1. The van der Waals surface area contributed by atoms with Gasteiger partial charge in [-0.2, -0.15) is 0 Å². The molecule has 4 amide bonds. The van der Waals surface area contributed by atoms with Crippen molar-refractivity contribution in [1.29, 1.82) is 0 Å². The normalized spacial score (nSPS) is 14.3. The maximum absolute atomic E-state index is 12.6. The third kappa shape index (κ3) is 12.9. The molecule has 12 N–H and O–H groups in total. The molecule has 0 aromatic rings. The Morgan fingerprint density at radius 2 is 1.45 bits per heavy atom. The number of primary amides is 1. The molecular weight excluding hydrogens is 436 g/mol. The highest BCUT2D eigenvalue weighted by atomic mass is 16.4. The SMILES string of the molecule is CC(C)CC(N)C(=O)NC(C)C(=O)NC(CCCN=C(N)N)C(=O)NC(CC(N)=O)C(=O)O. The van der Waals surface area contributed by atoms with Crippen LogP contribution < -0.4 is 38.9 Å². The van der Waals surface area contributed by atoms with Crippen molar-refractivity contribution in [3.8, 4) is 0 Å². The number of carboxylic acids is 1. The van der Waals surface area contributed by atoms with Crippen LogP contribution in [0.5, 0.6) is 0 Å². The summed E-state index contributed by atoms with van der Waals surface area (Å²) in [6, 6.07) is -4.59. The molecule has 4 unspecified atom stereocenters. The van der Waals surface area contributed by atoms with Crippen LogP contribution in [-0.2, 0) is 24.0 Å². The van der Waals surface area contributed by atoms with Gasteiger partial charge in [-0.05, 0) is 32.1 Å². The van der Waals surface area contributed by atoms with Gasteiger partial charge in [0, 0.05) is 6.54 Å². The second kappa shape index (κ2) is 14.6. The number of carbonyl (C=O) groups excluding carboxylic acids is 4. The van der Waals surface area contributed by atoms with E-state index in [9.17, 15) is 29.1 Å². The van der Waals surface area contributed by atoms with Gasteiger partial charge in [-0.25, -0.2) is 4.79 Å². The summed E-state index contributed by atoms with van der Waals surface area (Å²) < 4.78 is 0. The van der Waals surface area contributed by atoms with Crippen molar-refractivity contribution in [3.63, 3.8) is 0 Å². The summed E-state index contributed by atoms with van der Waals surface area (Å²) >= 11 is 0. The molecule has 0 aromatic heterocycles. The van der Waals surface area contributed by atoms with E-state index in [0.29, 0.717) is 6.42 Å². The smallest absolute Gasteiger partial charge is 0.326 e. The van der Waals surface area contributed by atoms with E-state index in [1.165, 1.54) is 6.92 Å². The summed E-state index contributed by atoms with van der Waals surface area (Å²) in [5.74, 6) is -4.43. The van der Waals surface area contributed by atoms with Crippen LogP contribution in [0.1, 0.15) is 46.5 Å². The number of amides is 4. The van der Waals surface area contributed by atoms with Crippen LogP contribution in [0.15, 0.2) is 4.99 Å². The molecule has 0 saturated heterocycles. The van der Waals surface area contributed by atoms with Gasteiger partial charge in [-0.1, -0.05) is 13.8 Å². The molecule has 0 aliphatic carbocycles. The van der Waals surface area contributed by atoms with Crippen molar-refractivity contribution < 1.29 is 29.1 Å². The van der Waals surface area contributed by atoms with Crippen molar-refractivity contribution in [1.82, 2.24) is 16.0 Å². The molecule has 0 aliphatic rings. The van der Waals surface area contributed by atoms with Crippen molar-refractivity contribution in [2.75, 3.05) is 6.54 Å². The standard InChI is InChI=1S/C19H36N8O6/c1-9(2)7-11(20)16(30)25-10(3)15(29)26-12(5-4-6-24-19(22)23)17(31)27-13(18(32)33)8-14(21)28/h9-13H,4-8,20H2,1-3H3,(H2,21,28)(H,25,30)(H,26,29)(H,27,31)(H,32,33)(H4,22,23,24). The first kappa shape index (κ1) is 29.6. The van der Waals surface area contributed by atoms with E-state index in [1.807, 2.05) is 13.8 Å². The third-order valence-electron chi connectivity index (χ3n) is 4.41. The van der Waals surface area contributed by atoms with E-state index in [2.05, 4.69) is 20.9 Å². The van der Waals surface area contributed by atoms with Crippen molar-refractivity contribution in [2.24, 2.45) is 33.8 Å². The van der Waals surface area contributed by atoms with Crippen LogP contribution in [0.25, 0.3) is 0 Å². The molecule has 0 aromatic carbocycles. The number of hydrogen-bond acceptors (Lipinski definition) is 7. The zero-order valence-electron chi connectivity index (χ0n) is 19.2. The Hall–Kier alpha value is -3.42. The zero-order chi connectivity index (χ0) is 25.7. The molecule has 0 rings (SSSR count). The van der Waals surface area contributed by atoms with E-state index in [-0.39, 0.29) is 31.3 Å². The molecule has 0 aliphatic heterocycles. The summed E-state index contributed by atoms with van der Waals surface area (Å²) in [4.78, 5) is 63.6. The van der Waals surface area contributed by atoms with Gasteiger partial charge in [-0.15, -0.1) is 0 Å². The topological polar surface area (TPSA) is 258 Å². The number of rotatable bonds is 15. The lowest BCUT2D eigenvalue weighted by Crippen LogP contribution is -2.56. The van der Waals surface area contributed by atoms with Gasteiger partial charge in [0.2, 0.25) is 23.6 Å². The quantitative estimate of drug-likeness (QED) is 0.0678. The third-order valence-corrected chi connectivity index (χ3v) is 4.41. The molecule has 4 atom stereocenters. The zero-order valence-corrected chi connectivity index (χ0v) is 19.2. The highest BCUT2D eigenvalue weighted by Gasteiger charge is 2.29. The fraction of sp³-hybridized carbons (Fsp3) is 0.684. The first-order valence-electron chi connectivity index (χ1n) is 10.5.